The summed E-state index contributed by atoms with van der Waals surface area (Å²) in [6.45, 7) is 4.77. The van der Waals surface area contributed by atoms with Gasteiger partial charge >= 0.3 is 5.97 Å². The molecule has 92 valence electrons. The molecule has 0 aromatic carbocycles. The molecule has 16 heavy (non-hydrogen) atoms. The van der Waals surface area contributed by atoms with Gasteiger partial charge in [0.1, 0.15) is 0 Å². The lowest BCUT2D eigenvalue weighted by atomic mass is 10.2. The number of esters is 1. The van der Waals surface area contributed by atoms with Gasteiger partial charge in [-0.3, -0.25) is 9.69 Å². The van der Waals surface area contributed by atoms with E-state index in [2.05, 4.69) is 4.90 Å². The average Bonchev–Trinajstić information content (AvgIpc) is 2.59. The fourth-order valence-electron chi connectivity index (χ4n) is 1.83. The molecule has 2 atom stereocenters. The lowest BCUT2D eigenvalue weighted by Crippen LogP contribution is -2.40. The van der Waals surface area contributed by atoms with Gasteiger partial charge in [0, 0.05) is 19.6 Å². The molecule has 2 N–H and O–H groups in total. The van der Waals surface area contributed by atoms with Gasteiger partial charge in [-0.25, -0.2) is 0 Å². The highest BCUT2D eigenvalue weighted by Gasteiger charge is 2.32. The van der Waals surface area contributed by atoms with E-state index in [9.17, 15) is 4.79 Å². The smallest absolute Gasteiger partial charge is 0.309 e. The molecule has 2 aliphatic rings. The van der Waals surface area contributed by atoms with Crippen LogP contribution in [0.2, 0.25) is 0 Å². The number of rotatable bonds is 4. The summed E-state index contributed by atoms with van der Waals surface area (Å²) in [6, 6.07) is -0.322. The molecular formula is C10H18N2O4. The minimum atomic E-state index is -0.562. The van der Waals surface area contributed by atoms with Gasteiger partial charge < -0.3 is 19.9 Å². The van der Waals surface area contributed by atoms with E-state index < -0.39 is 6.29 Å². The predicted molar refractivity (Wildman–Crippen MR) is 55.7 cm³/mol. The van der Waals surface area contributed by atoms with E-state index in [1.165, 1.54) is 0 Å². The van der Waals surface area contributed by atoms with Crippen LogP contribution in [0.4, 0.5) is 0 Å². The van der Waals surface area contributed by atoms with Crippen LogP contribution in [0, 0.1) is 0 Å². The van der Waals surface area contributed by atoms with Gasteiger partial charge in [0.25, 0.3) is 0 Å². The lowest BCUT2D eigenvalue weighted by molar-refractivity contribution is -0.164. The summed E-state index contributed by atoms with van der Waals surface area (Å²) in [5.41, 5.74) is 5.68. The quantitative estimate of drug-likeness (QED) is 0.620. The van der Waals surface area contributed by atoms with E-state index in [0.29, 0.717) is 6.61 Å². The van der Waals surface area contributed by atoms with Crippen molar-refractivity contribution < 1.29 is 19.0 Å². The molecule has 0 spiro atoms. The molecule has 0 radical (unpaired) electrons. The Morgan fingerprint density at radius 3 is 2.81 bits per heavy atom. The van der Waals surface area contributed by atoms with Crippen molar-refractivity contribution in [2.75, 3.05) is 39.5 Å². The minimum Gasteiger partial charge on any atom is -0.434 e. The van der Waals surface area contributed by atoms with Gasteiger partial charge in [-0.1, -0.05) is 0 Å². The van der Waals surface area contributed by atoms with Crippen LogP contribution < -0.4 is 5.73 Å². The number of hydrogen-bond donors (Lipinski definition) is 1. The first-order valence-electron chi connectivity index (χ1n) is 5.62. The number of ether oxygens (including phenoxy) is 3. The highest BCUT2D eigenvalue weighted by molar-refractivity contribution is 5.72. The summed E-state index contributed by atoms with van der Waals surface area (Å²) < 4.78 is 15.6. The Hall–Kier alpha value is -0.690. The molecule has 0 aromatic heterocycles. The predicted octanol–water partition coefficient (Wildman–Crippen LogP) is -1.06. The van der Waals surface area contributed by atoms with E-state index in [4.69, 9.17) is 19.9 Å². The highest BCUT2D eigenvalue weighted by atomic mass is 16.7. The number of carbonyl (C=O) groups is 1. The molecule has 0 bridgehead atoms. The molecule has 0 saturated carbocycles. The number of morpholine rings is 1. The van der Waals surface area contributed by atoms with Crippen molar-refractivity contribution in [1.29, 1.82) is 0 Å². The molecule has 0 aromatic rings. The molecule has 0 amide bonds. The number of nitrogens with zero attached hydrogens (tertiary/aromatic N) is 1. The van der Waals surface area contributed by atoms with Crippen LogP contribution in [0.25, 0.3) is 0 Å². The molecule has 2 saturated heterocycles. The Morgan fingerprint density at radius 1 is 1.44 bits per heavy atom. The molecule has 2 unspecified atom stereocenters. The molecular weight excluding hydrogens is 212 g/mol. The van der Waals surface area contributed by atoms with E-state index in [-0.39, 0.29) is 18.4 Å². The Balaban J connectivity index is 1.62. The van der Waals surface area contributed by atoms with Gasteiger partial charge in [0.15, 0.2) is 0 Å². The maximum absolute atomic E-state index is 10.9. The Bertz CT molecular complexity index is 243. The van der Waals surface area contributed by atoms with Gasteiger partial charge in [-0.15, -0.1) is 0 Å². The monoisotopic (exact) mass is 230 g/mol. The van der Waals surface area contributed by atoms with Crippen LogP contribution in [-0.2, 0) is 19.0 Å². The highest BCUT2D eigenvalue weighted by Crippen LogP contribution is 2.13. The third-order valence-corrected chi connectivity index (χ3v) is 2.79. The van der Waals surface area contributed by atoms with Gasteiger partial charge in [-0.2, -0.15) is 0 Å². The fourth-order valence-corrected chi connectivity index (χ4v) is 1.83. The van der Waals surface area contributed by atoms with Gasteiger partial charge in [0.05, 0.1) is 32.3 Å². The zero-order chi connectivity index (χ0) is 11.4. The summed E-state index contributed by atoms with van der Waals surface area (Å²) in [5.74, 6) is -0.274. The van der Waals surface area contributed by atoms with Crippen LogP contribution in [0.3, 0.4) is 0 Å². The summed E-state index contributed by atoms with van der Waals surface area (Å²) in [6.07, 6.45) is -0.309. The summed E-state index contributed by atoms with van der Waals surface area (Å²) in [7, 11) is 0. The zero-order valence-electron chi connectivity index (χ0n) is 9.26. The minimum absolute atomic E-state index is 0.252. The van der Waals surface area contributed by atoms with Crippen molar-refractivity contribution in [3.05, 3.63) is 0 Å². The standard InChI is InChI=1S/C10H18N2O4/c11-8-7-9(13)16-10(8)15-6-3-12-1-4-14-5-2-12/h8,10H,1-7,11H2. The maximum Gasteiger partial charge on any atom is 0.309 e. The normalized spacial score (nSPS) is 31.7. The van der Waals surface area contributed by atoms with E-state index in [1.807, 2.05) is 0 Å². The topological polar surface area (TPSA) is 74.0 Å². The molecule has 2 heterocycles. The van der Waals surface area contributed by atoms with Crippen molar-refractivity contribution in [2.45, 2.75) is 18.8 Å². The molecule has 2 rings (SSSR count). The third kappa shape index (κ3) is 3.15. The summed E-state index contributed by atoms with van der Waals surface area (Å²) in [5, 5.41) is 0. The van der Waals surface area contributed by atoms with Crippen molar-refractivity contribution >= 4 is 5.97 Å². The second kappa shape index (κ2) is 5.58. The number of hydrogen-bond acceptors (Lipinski definition) is 6. The first kappa shape index (κ1) is 11.8. The lowest BCUT2D eigenvalue weighted by Gasteiger charge is -2.27. The summed E-state index contributed by atoms with van der Waals surface area (Å²) in [4.78, 5) is 13.2. The molecule has 0 aliphatic carbocycles. The zero-order valence-corrected chi connectivity index (χ0v) is 9.26. The van der Waals surface area contributed by atoms with Crippen LogP contribution in [0.5, 0.6) is 0 Å². The maximum atomic E-state index is 10.9. The number of nitrogens with two attached hydrogens (primary N) is 1. The first-order valence-corrected chi connectivity index (χ1v) is 5.62. The third-order valence-electron chi connectivity index (χ3n) is 2.79. The molecule has 2 aliphatic heterocycles. The Kier molecular flexibility index (Phi) is 4.11. The van der Waals surface area contributed by atoms with Crippen LogP contribution in [0.15, 0.2) is 0 Å². The van der Waals surface area contributed by atoms with Crippen LogP contribution in [-0.4, -0.2) is 62.7 Å². The largest absolute Gasteiger partial charge is 0.434 e. The van der Waals surface area contributed by atoms with E-state index in [0.717, 1.165) is 32.8 Å². The van der Waals surface area contributed by atoms with Crippen LogP contribution in [0.1, 0.15) is 6.42 Å². The molecule has 6 heteroatoms. The second-order valence-electron chi connectivity index (χ2n) is 4.05. The van der Waals surface area contributed by atoms with E-state index in [1.54, 1.807) is 0 Å². The van der Waals surface area contributed by atoms with Crippen LogP contribution >= 0.6 is 0 Å². The van der Waals surface area contributed by atoms with Gasteiger partial charge in [0.2, 0.25) is 6.29 Å². The second-order valence-corrected chi connectivity index (χ2v) is 4.05. The molecule has 6 nitrogen and oxygen atoms in total. The fraction of sp³-hybridized carbons (Fsp3) is 0.900. The number of carbonyl (C=O) groups excluding carboxylic acids is 1. The van der Waals surface area contributed by atoms with Crippen molar-refractivity contribution in [2.24, 2.45) is 5.73 Å². The van der Waals surface area contributed by atoms with Crippen molar-refractivity contribution in [1.82, 2.24) is 4.90 Å². The summed E-state index contributed by atoms with van der Waals surface area (Å²) >= 11 is 0. The number of cyclic esters (lactones) is 1. The SMILES string of the molecule is NC1CC(=O)OC1OCCN1CCOCC1. The van der Waals surface area contributed by atoms with Gasteiger partial charge in [-0.05, 0) is 0 Å². The first-order chi connectivity index (χ1) is 7.75. The Morgan fingerprint density at radius 2 is 2.19 bits per heavy atom. The van der Waals surface area contributed by atoms with Crippen molar-refractivity contribution in [3.63, 3.8) is 0 Å². The molecule has 2 fully saturated rings. The Labute approximate surface area is 94.6 Å². The average molecular weight is 230 g/mol. The van der Waals surface area contributed by atoms with E-state index >= 15 is 0 Å². The van der Waals surface area contributed by atoms with Crippen molar-refractivity contribution in [3.8, 4) is 0 Å².